The molecule has 1 aromatic heterocycles. The number of carbonyl (C=O) groups excluding carboxylic acids is 2. The summed E-state index contributed by atoms with van der Waals surface area (Å²) in [6, 6.07) is 14.5. The summed E-state index contributed by atoms with van der Waals surface area (Å²) in [4.78, 5) is 32.0. The second-order valence-electron chi connectivity index (χ2n) is 5.80. The molecule has 7 heteroatoms. The number of rotatable bonds is 6. The van der Waals surface area contributed by atoms with Crippen LogP contribution in [-0.2, 0) is 6.54 Å². The van der Waals surface area contributed by atoms with Gasteiger partial charge < -0.3 is 10.6 Å². The van der Waals surface area contributed by atoms with Crippen molar-refractivity contribution in [3.8, 4) is 0 Å². The molecule has 0 unspecified atom stereocenters. The van der Waals surface area contributed by atoms with Crippen LogP contribution in [0.5, 0.6) is 0 Å². The zero-order chi connectivity index (χ0) is 19.2. The van der Waals surface area contributed by atoms with Gasteiger partial charge in [-0.25, -0.2) is 14.4 Å². The SMILES string of the molecule is CC(=O)c1cccc(NC(=O)c2ccnc(NCc3ccccc3F)n2)c1. The van der Waals surface area contributed by atoms with Gasteiger partial charge in [-0.3, -0.25) is 9.59 Å². The van der Waals surface area contributed by atoms with E-state index in [9.17, 15) is 14.0 Å². The first-order chi connectivity index (χ1) is 13.0. The van der Waals surface area contributed by atoms with Crippen LogP contribution in [-0.4, -0.2) is 21.7 Å². The van der Waals surface area contributed by atoms with Crippen LogP contribution in [0.3, 0.4) is 0 Å². The summed E-state index contributed by atoms with van der Waals surface area (Å²) in [6.07, 6.45) is 1.44. The maximum absolute atomic E-state index is 13.7. The number of hydrogen-bond acceptors (Lipinski definition) is 5. The highest BCUT2D eigenvalue weighted by Gasteiger charge is 2.11. The van der Waals surface area contributed by atoms with Gasteiger partial charge in [0, 0.05) is 29.6 Å². The summed E-state index contributed by atoms with van der Waals surface area (Å²) in [5.74, 6) is -0.646. The highest BCUT2D eigenvalue weighted by atomic mass is 19.1. The average molecular weight is 364 g/mol. The maximum Gasteiger partial charge on any atom is 0.274 e. The normalized spacial score (nSPS) is 10.3. The Morgan fingerprint density at radius 3 is 2.67 bits per heavy atom. The number of anilines is 2. The Kier molecular flexibility index (Phi) is 5.51. The molecule has 6 nitrogen and oxygen atoms in total. The van der Waals surface area contributed by atoms with Crippen LogP contribution in [0.15, 0.2) is 60.8 Å². The number of nitrogens with zero attached hydrogens (tertiary/aromatic N) is 2. The van der Waals surface area contributed by atoms with Crippen molar-refractivity contribution in [2.75, 3.05) is 10.6 Å². The summed E-state index contributed by atoms with van der Waals surface area (Å²) in [5, 5.41) is 5.59. The molecule has 0 bridgehead atoms. The number of ketones is 1. The van der Waals surface area contributed by atoms with Crippen LogP contribution in [0.1, 0.15) is 33.3 Å². The van der Waals surface area contributed by atoms with Crippen molar-refractivity contribution in [2.45, 2.75) is 13.5 Å². The summed E-state index contributed by atoms with van der Waals surface area (Å²) < 4.78 is 13.7. The van der Waals surface area contributed by atoms with E-state index in [0.717, 1.165) is 0 Å². The summed E-state index contributed by atoms with van der Waals surface area (Å²) in [6.45, 7) is 1.65. The third-order valence-corrected chi connectivity index (χ3v) is 3.81. The lowest BCUT2D eigenvalue weighted by atomic mass is 10.1. The quantitative estimate of drug-likeness (QED) is 0.652. The fourth-order valence-electron chi connectivity index (χ4n) is 2.40. The molecule has 0 fully saturated rings. The molecule has 0 aliphatic carbocycles. The van der Waals surface area contributed by atoms with Gasteiger partial charge in [-0.15, -0.1) is 0 Å². The Morgan fingerprint density at radius 2 is 1.89 bits per heavy atom. The molecule has 0 aliphatic rings. The molecule has 1 amide bonds. The van der Waals surface area contributed by atoms with Gasteiger partial charge in [0.15, 0.2) is 5.78 Å². The van der Waals surface area contributed by atoms with E-state index in [2.05, 4.69) is 20.6 Å². The van der Waals surface area contributed by atoms with Crippen LogP contribution in [0.4, 0.5) is 16.0 Å². The second-order valence-corrected chi connectivity index (χ2v) is 5.80. The maximum atomic E-state index is 13.7. The summed E-state index contributed by atoms with van der Waals surface area (Å²) >= 11 is 0. The van der Waals surface area contributed by atoms with E-state index in [1.54, 1.807) is 42.5 Å². The Bertz CT molecular complexity index is 991. The van der Waals surface area contributed by atoms with Crippen molar-refractivity contribution in [3.05, 3.63) is 83.4 Å². The number of benzene rings is 2. The van der Waals surface area contributed by atoms with E-state index in [1.165, 1.54) is 25.3 Å². The highest BCUT2D eigenvalue weighted by molar-refractivity contribution is 6.04. The number of carbonyl (C=O) groups is 2. The molecule has 0 saturated heterocycles. The topological polar surface area (TPSA) is 84.0 Å². The van der Waals surface area contributed by atoms with Crippen molar-refractivity contribution >= 4 is 23.3 Å². The molecule has 0 atom stereocenters. The molecule has 1 heterocycles. The molecule has 136 valence electrons. The van der Waals surface area contributed by atoms with Gasteiger partial charge >= 0.3 is 0 Å². The van der Waals surface area contributed by atoms with E-state index < -0.39 is 5.91 Å². The van der Waals surface area contributed by atoms with Gasteiger partial charge in [0.25, 0.3) is 5.91 Å². The molecular formula is C20H17FN4O2. The lowest BCUT2D eigenvalue weighted by Gasteiger charge is -2.08. The van der Waals surface area contributed by atoms with Crippen molar-refractivity contribution in [1.82, 2.24) is 9.97 Å². The number of Topliss-reactive ketones (excluding diaryl/α,β-unsaturated/α-hetero) is 1. The predicted octanol–water partition coefficient (Wildman–Crippen LogP) is 3.68. The molecule has 2 aromatic carbocycles. The third-order valence-electron chi connectivity index (χ3n) is 3.81. The van der Waals surface area contributed by atoms with Gasteiger partial charge in [-0.05, 0) is 31.2 Å². The predicted molar refractivity (Wildman–Crippen MR) is 100 cm³/mol. The van der Waals surface area contributed by atoms with Gasteiger partial charge in [0.2, 0.25) is 5.95 Å². The van der Waals surface area contributed by atoms with Gasteiger partial charge in [0.1, 0.15) is 11.5 Å². The van der Waals surface area contributed by atoms with Crippen LogP contribution in [0.2, 0.25) is 0 Å². The zero-order valence-corrected chi connectivity index (χ0v) is 14.6. The molecule has 0 radical (unpaired) electrons. The minimum absolute atomic E-state index is 0.0900. The first kappa shape index (κ1) is 18.2. The molecule has 0 aliphatic heterocycles. The van der Waals surface area contributed by atoms with Crippen molar-refractivity contribution in [1.29, 1.82) is 0 Å². The van der Waals surface area contributed by atoms with Crippen molar-refractivity contribution in [3.63, 3.8) is 0 Å². The number of aromatic nitrogens is 2. The number of halogens is 1. The fraction of sp³-hybridized carbons (Fsp3) is 0.100. The lowest BCUT2D eigenvalue weighted by Crippen LogP contribution is -2.15. The largest absolute Gasteiger partial charge is 0.350 e. The standard InChI is InChI=1S/C20H17FN4O2/c1-13(26)14-6-4-7-16(11-14)24-19(27)18-9-10-22-20(25-18)23-12-15-5-2-3-8-17(15)21/h2-11H,12H2,1H3,(H,24,27)(H,22,23,25). The molecule has 27 heavy (non-hydrogen) atoms. The lowest BCUT2D eigenvalue weighted by molar-refractivity contribution is 0.100. The smallest absolute Gasteiger partial charge is 0.274 e. The monoisotopic (exact) mass is 364 g/mol. The highest BCUT2D eigenvalue weighted by Crippen LogP contribution is 2.13. The minimum Gasteiger partial charge on any atom is -0.350 e. The van der Waals surface area contributed by atoms with Crippen molar-refractivity contribution < 1.29 is 14.0 Å². The van der Waals surface area contributed by atoms with Crippen LogP contribution >= 0.6 is 0 Å². The Labute approximate surface area is 155 Å². The number of amides is 1. The Balaban J connectivity index is 1.69. The van der Waals surface area contributed by atoms with Gasteiger partial charge in [0.05, 0.1) is 0 Å². The zero-order valence-electron chi connectivity index (χ0n) is 14.6. The van der Waals surface area contributed by atoms with E-state index in [1.807, 2.05) is 0 Å². The summed E-state index contributed by atoms with van der Waals surface area (Å²) in [7, 11) is 0. The molecule has 3 rings (SSSR count). The molecule has 0 saturated carbocycles. The fourth-order valence-corrected chi connectivity index (χ4v) is 2.40. The number of hydrogen-bond donors (Lipinski definition) is 2. The third kappa shape index (κ3) is 4.72. The Morgan fingerprint density at radius 1 is 1.07 bits per heavy atom. The molecule has 0 spiro atoms. The van der Waals surface area contributed by atoms with Crippen LogP contribution in [0.25, 0.3) is 0 Å². The summed E-state index contributed by atoms with van der Waals surface area (Å²) in [5.41, 5.74) is 1.61. The Hall–Kier alpha value is -3.61. The van der Waals surface area contributed by atoms with E-state index in [-0.39, 0.29) is 29.8 Å². The van der Waals surface area contributed by atoms with Crippen LogP contribution < -0.4 is 10.6 Å². The van der Waals surface area contributed by atoms with Crippen molar-refractivity contribution in [2.24, 2.45) is 0 Å². The van der Waals surface area contributed by atoms with Crippen LogP contribution in [0, 0.1) is 5.82 Å². The van der Waals surface area contributed by atoms with Gasteiger partial charge in [-0.1, -0.05) is 30.3 Å². The average Bonchev–Trinajstić information content (AvgIpc) is 2.68. The van der Waals surface area contributed by atoms with Gasteiger partial charge in [-0.2, -0.15) is 0 Å². The van der Waals surface area contributed by atoms with E-state index in [0.29, 0.717) is 16.8 Å². The van der Waals surface area contributed by atoms with E-state index in [4.69, 9.17) is 0 Å². The minimum atomic E-state index is -0.438. The number of nitrogens with one attached hydrogen (secondary N) is 2. The van der Waals surface area contributed by atoms with E-state index >= 15 is 0 Å². The first-order valence-electron chi connectivity index (χ1n) is 8.25. The molecule has 2 N–H and O–H groups in total. The first-order valence-corrected chi connectivity index (χ1v) is 8.25. The second kappa shape index (κ2) is 8.18. The molecular weight excluding hydrogens is 347 g/mol. The molecule has 3 aromatic rings.